The van der Waals surface area contributed by atoms with Crippen molar-refractivity contribution in [1.29, 1.82) is 0 Å². The van der Waals surface area contributed by atoms with Gasteiger partial charge in [-0.05, 0) is 26.0 Å². The first kappa shape index (κ1) is 16.9. The van der Waals surface area contributed by atoms with Crippen molar-refractivity contribution in [1.82, 2.24) is 9.97 Å². The Balaban J connectivity index is 1.82. The van der Waals surface area contributed by atoms with E-state index >= 15 is 0 Å². The molecule has 27 heavy (non-hydrogen) atoms. The average molecular weight is 352 g/mol. The highest BCUT2D eigenvalue weighted by Gasteiger charge is 2.09. The summed E-state index contributed by atoms with van der Waals surface area (Å²) >= 11 is 0. The molecule has 4 nitrogen and oxygen atoms in total. The molecule has 4 heteroatoms. The molecule has 0 atom stereocenters. The number of hydrogen-bond donors (Lipinski definition) is 0. The van der Waals surface area contributed by atoms with Crippen molar-refractivity contribution >= 4 is 5.82 Å². The van der Waals surface area contributed by atoms with E-state index in [9.17, 15) is 0 Å². The van der Waals surface area contributed by atoms with Crippen molar-refractivity contribution < 1.29 is 4.68 Å². The molecule has 0 aliphatic heterocycles. The maximum atomic E-state index is 4.92. The topological polar surface area (TPSA) is 43.8 Å². The highest BCUT2D eigenvalue weighted by molar-refractivity contribution is 5.75. The van der Waals surface area contributed by atoms with Gasteiger partial charge in [0.1, 0.15) is 0 Å². The third-order valence-corrected chi connectivity index (χ3v) is 4.23. The van der Waals surface area contributed by atoms with Gasteiger partial charge in [-0.25, -0.2) is 4.98 Å². The van der Waals surface area contributed by atoms with Crippen LogP contribution >= 0.6 is 0 Å². The second-order valence-electron chi connectivity index (χ2n) is 6.53. The summed E-state index contributed by atoms with van der Waals surface area (Å²) in [5.74, 6) is 0.588. The van der Waals surface area contributed by atoms with Crippen molar-refractivity contribution in [2.75, 3.05) is 0 Å². The Bertz CT molecular complexity index is 1040. The summed E-state index contributed by atoms with van der Waals surface area (Å²) in [5.41, 5.74) is 10.7. The largest absolute Gasteiger partial charge is 0.435 e. The molecule has 2 heterocycles. The zero-order chi connectivity index (χ0) is 18.6. The molecule has 4 rings (SSSR count). The lowest BCUT2D eigenvalue weighted by Gasteiger charge is -2.16. The first-order chi connectivity index (χ1) is 13.2. The molecule has 0 unspecified atom stereocenters. The highest BCUT2D eigenvalue weighted by atomic mass is 15.4. The van der Waals surface area contributed by atoms with Crippen LogP contribution in [0, 0.1) is 13.8 Å². The molecule has 0 bridgehead atoms. The van der Waals surface area contributed by atoms with Crippen LogP contribution < -0.4 is 4.68 Å². The molecule has 4 aromatic rings. The van der Waals surface area contributed by atoms with Gasteiger partial charge in [0.15, 0.2) is 12.4 Å². The Morgan fingerprint density at radius 2 is 1.44 bits per heavy atom. The number of pyridine rings is 1. The maximum absolute atomic E-state index is 4.92. The molecular weight excluding hydrogens is 332 g/mol. The SMILES string of the molecule is Cc1cc(C)cc(-c2cnc([N-][n+]3ccccc3)c(-c3ccccc3)n2)c1. The van der Waals surface area contributed by atoms with Crippen molar-refractivity contribution in [2.24, 2.45) is 0 Å². The van der Waals surface area contributed by atoms with Gasteiger partial charge in [-0.2, -0.15) is 10.1 Å². The van der Waals surface area contributed by atoms with E-state index < -0.39 is 0 Å². The molecule has 0 amide bonds. The normalized spacial score (nSPS) is 10.6. The molecule has 0 saturated heterocycles. The molecule has 2 aromatic carbocycles. The lowest BCUT2D eigenvalue weighted by atomic mass is 10.0. The molecule has 0 fully saturated rings. The minimum atomic E-state index is 0.588. The Hall–Kier alpha value is -3.53. The van der Waals surface area contributed by atoms with Gasteiger partial charge in [0.05, 0.1) is 11.4 Å². The van der Waals surface area contributed by atoms with Gasteiger partial charge >= 0.3 is 0 Å². The molecule has 0 aliphatic rings. The smallest absolute Gasteiger partial charge is 0.182 e. The fourth-order valence-electron chi connectivity index (χ4n) is 3.07. The number of hydrogen-bond acceptors (Lipinski definition) is 2. The van der Waals surface area contributed by atoms with Crippen LogP contribution in [0.1, 0.15) is 11.1 Å². The monoisotopic (exact) mass is 352 g/mol. The Kier molecular flexibility index (Phi) is 4.62. The Labute approximate surface area is 159 Å². The average Bonchev–Trinajstić information content (AvgIpc) is 2.69. The van der Waals surface area contributed by atoms with Crippen LogP contribution in [0.25, 0.3) is 27.9 Å². The molecular formula is C23H20N4. The van der Waals surface area contributed by atoms with E-state index in [4.69, 9.17) is 4.98 Å². The van der Waals surface area contributed by atoms with E-state index in [2.05, 4.69) is 42.5 Å². The van der Waals surface area contributed by atoms with E-state index in [0.29, 0.717) is 5.82 Å². The van der Waals surface area contributed by atoms with Crippen LogP contribution in [0.2, 0.25) is 0 Å². The minimum absolute atomic E-state index is 0.588. The minimum Gasteiger partial charge on any atom is -0.435 e. The molecule has 0 saturated carbocycles. The van der Waals surface area contributed by atoms with Crippen LogP contribution in [0.4, 0.5) is 5.82 Å². The first-order valence-electron chi connectivity index (χ1n) is 8.88. The Morgan fingerprint density at radius 3 is 2.15 bits per heavy atom. The third kappa shape index (κ3) is 3.85. The fourth-order valence-corrected chi connectivity index (χ4v) is 3.07. The molecule has 0 radical (unpaired) electrons. The summed E-state index contributed by atoms with van der Waals surface area (Å²) < 4.78 is 1.74. The first-order valence-corrected chi connectivity index (χ1v) is 8.88. The molecule has 0 N–H and O–H groups in total. The van der Waals surface area contributed by atoms with Gasteiger partial charge in [-0.3, -0.25) is 0 Å². The van der Waals surface area contributed by atoms with E-state index in [1.165, 1.54) is 11.1 Å². The van der Waals surface area contributed by atoms with Crippen molar-refractivity contribution in [3.63, 3.8) is 0 Å². The summed E-state index contributed by atoms with van der Waals surface area (Å²) in [6.45, 7) is 4.19. The van der Waals surface area contributed by atoms with E-state index in [1.807, 2.05) is 60.9 Å². The van der Waals surface area contributed by atoms with Crippen LogP contribution in [-0.4, -0.2) is 9.97 Å². The maximum Gasteiger partial charge on any atom is 0.182 e. The molecule has 132 valence electrons. The van der Waals surface area contributed by atoms with Crippen molar-refractivity contribution in [3.05, 3.63) is 102 Å². The lowest BCUT2D eigenvalue weighted by Crippen LogP contribution is -2.26. The molecule has 0 aliphatic carbocycles. The zero-order valence-corrected chi connectivity index (χ0v) is 15.4. The second kappa shape index (κ2) is 7.38. The van der Waals surface area contributed by atoms with Gasteiger partial charge in [-0.1, -0.05) is 59.8 Å². The van der Waals surface area contributed by atoms with Gasteiger partial charge in [0, 0.05) is 29.1 Å². The van der Waals surface area contributed by atoms with Crippen LogP contribution in [0.3, 0.4) is 0 Å². The predicted molar refractivity (Wildman–Crippen MR) is 107 cm³/mol. The van der Waals surface area contributed by atoms with E-state index in [0.717, 1.165) is 22.5 Å². The van der Waals surface area contributed by atoms with Gasteiger partial charge in [-0.15, -0.1) is 0 Å². The zero-order valence-electron chi connectivity index (χ0n) is 15.4. The number of aryl methyl sites for hydroxylation is 2. The van der Waals surface area contributed by atoms with E-state index in [1.54, 1.807) is 10.9 Å². The number of aromatic nitrogens is 3. The van der Waals surface area contributed by atoms with E-state index in [-0.39, 0.29) is 0 Å². The Morgan fingerprint density at radius 1 is 0.778 bits per heavy atom. The summed E-state index contributed by atoms with van der Waals surface area (Å²) in [7, 11) is 0. The summed E-state index contributed by atoms with van der Waals surface area (Å²) in [5, 5.41) is 0. The van der Waals surface area contributed by atoms with Gasteiger partial charge < -0.3 is 4.98 Å². The number of benzene rings is 2. The quantitative estimate of drug-likeness (QED) is 0.475. The summed E-state index contributed by atoms with van der Waals surface area (Å²) in [4.78, 5) is 9.56. The molecule has 0 spiro atoms. The van der Waals surface area contributed by atoms with Crippen LogP contribution in [-0.2, 0) is 0 Å². The fraction of sp³-hybridized carbons (Fsp3) is 0.0870. The summed E-state index contributed by atoms with van der Waals surface area (Å²) in [6, 6.07) is 22.3. The number of nitrogens with zero attached hydrogens (tertiary/aromatic N) is 4. The van der Waals surface area contributed by atoms with Crippen LogP contribution in [0.5, 0.6) is 0 Å². The van der Waals surface area contributed by atoms with Gasteiger partial charge in [0.25, 0.3) is 0 Å². The third-order valence-electron chi connectivity index (χ3n) is 4.23. The number of rotatable bonds is 4. The molecule has 2 aromatic heterocycles. The van der Waals surface area contributed by atoms with Crippen molar-refractivity contribution in [3.8, 4) is 22.5 Å². The summed E-state index contributed by atoms with van der Waals surface area (Å²) in [6.07, 6.45) is 5.56. The van der Waals surface area contributed by atoms with Crippen molar-refractivity contribution in [2.45, 2.75) is 13.8 Å². The highest BCUT2D eigenvalue weighted by Crippen LogP contribution is 2.31. The van der Waals surface area contributed by atoms with Crippen LogP contribution in [0.15, 0.2) is 85.3 Å². The predicted octanol–water partition coefficient (Wildman–Crippen LogP) is 5.18. The standard InChI is InChI=1S/C23H20N4/c1-17-13-18(2)15-20(14-17)21-16-24-23(26-27-11-7-4-8-12-27)22(25-21)19-9-5-3-6-10-19/h3-16H,1-2H3. The lowest BCUT2D eigenvalue weighted by molar-refractivity contribution is -0.619. The van der Waals surface area contributed by atoms with Gasteiger partial charge in [0.2, 0.25) is 0 Å². The second-order valence-corrected chi connectivity index (χ2v) is 6.53.